The van der Waals surface area contributed by atoms with E-state index in [9.17, 15) is 9.59 Å². The molecular weight excluding hydrogens is 364 g/mol. The van der Waals surface area contributed by atoms with Crippen molar-refractivity contribution >= 4 is 29.1 Å². The van der Waals surface area contributed by atoms with Crippen molar-refractivity contribution in [1.82, 2.24) is 9.80 Å². The highest BCUT2D eigenvalue weighted by Crippen LogP contribution is 2.20. The summed E-state index contributed by atoms with van der Waals surface area (Å²) in [4.78, 5) is 28.5. The number of carbonyl (C=O) groups excluding carboxylic acids is 2. The fourth-order valence-corrected chi connectivity index (χ4v) is 3.12. The van der Waals surface area contributed by atoms with Crippen molar-refractivity contribution in [1.29, 1.82) is 5.26 Å². The second-order valence-electron chi connectivity index (χ2n) is 6.29. The maximum atomic E-state index is 12.5. The number of nitrogens with zero attached hydrogens (tertiary/aromatic N) is 3. The predicted molar refractivity (Wildman–Crippen MR) is 104 cm³/mol. The Morgan fingerprint density at radius 3 is 2.33 bits per heavy atom. The third-order valence-corrected chi connectivity index (χ3v) is 4.77. The normalized spacial score (nSPS) is 14.4. The van der Waals surface area contributed by atoms with Gasteiger partial charge in [-0.3, -0.25) is 14.5 Å². The fourth-order valence-electron chi connectivity index (χ4n) is 2.93. The predicted octanol–water partition coefficient (Wildman–Crippen LogP) is 2.61. The zero-order valence-electron chi connectivity index (χ0n) is 14.7. The van der Waals surface area contributed by atoms with Crippen LogP contribution in [0.15, 0.2) is 48.5 Å². The topological polar surface area (TPSA) is 76.4 Å². The first kappa shape index (κ1) is 18.9. The van der Waals surface area contributed by atoms with Crippen LogP contribution in [0.5, 0.6) is 0 Å². The van der Waals surface area contributed by atoms with E-state index in [1.807, 2.05) is 23.1 Å². The van der Waals surface area contributed by atoms with Crippen LogP contribution in [0.1, 0.15) is 15.9 Å². The Balaban J connectivity index is 1.49. The molecule has 138 valence electrons. The Morgan fingerprint density at radius 1 is 1.04 bits per heavy atom. The highest BCUT2D eigenvalue weighted by Gasteiger charge is 2.23. The van der Waals surface area contributed by atoms with Gasteiger partial charge in [-0.25, -0.2) is 0 Å². The standard InChI is InChI=1S/C20H19ClN4O2/c21-17-3-1-2-4-18(17)23-19(26)14-24-9-11-25(12-10-24)20(27)16-7-5-15(13-22)6-8-16/h1-8H,9-12,14H2,(H,23,26). The number of halogens is 1. The zero-order valence-corrected chi connectivity index (χ0v) is 15.4. The molecule has 0 radical (unpaired) electrons. The van der Waals surface area contributed by atoms with Crippen LogP contribution in [-0.2, 0) is 4.79 Å². The summed E-state index contributed by atoms with van der Waals surface area (Å²) < 4.78 is 0. The molecule has 2 aromatic rings. The Kier molecular flexibility index (Phi) is 6.07. The first-order chi connectivity index (χ1) is 13.1. The molecule has 1 fully saturated rings. The van der Waals surface area contributed by atoms with Gasteiger partial charge in [-0.05, 0) is 36.4 Å². The molecule has 1 aliphatic heterocycles. The molecule has 3 rings (SSSR count). The van der Waals surface area contributed by atoms with E-state index in [4.69, 9.17) is 16.9 Å². The zero-order chi connectivity index (χ0) is 19.2. The average molecular weight is 383 g/mol. The highest BCUT2D eigenvalue weighted by molar-refractivity contribution is 6.33. The van der Waals surface area contributed by atoms with Gasteiger partial charge in [-0.2, -0.15) is 5.26 Å². The van der Waals surface area contributed by atoms with E-state index in [1.165, 1.54) is 0 Å². The molecule has 2 amide bonds. The summed E-state index contributed by atoms with van der Waals surface area (Å²) in [6.45, 7) is 2.61. The van der Waals surface area contributed by atoms with Gasteiger partial charge in [0, 0.05) is 31.7 Å². The number of rotatable bonds is 4. The number of piperazine rings is 1. The number of hydrogen-bond acceptors (Lipinski definition) is 4. The molecule has 1 heterocycles. The lowest BCUT2D eigenvalue weighted by Crippen LogP contribution is -2.50. The van der Waals surface area contributed by atoms with E-state index in [-0.39, 0.29) is 18.4 Å². The Morgan fingerprint density at radius 2 is 1.70 bits per heavy atom. The quantitative estimate of drug-likeness (QED) is 0.881. The summed E-state index contributed by atoms with van der Waals surface area (Å²) >= 11 is 6.05. The maximum absolute atomic E-state index is 12.5. The molecule has 0 bridgehead atoms. The van der Waals surface area contributed by atoms with Gasteiger partial charge in [0.2, 0.25) is 5.91 Å². The van der Waals surface area contributed by atoms with Crippen molar-refractivity contribution in [2.24, 2.45) is 0 Å². The lowest BCUT2D eigenvalue weighted by molar-refractivity contribution is -0.117. The summed E-state index contributed by atoms with van der Waals surface area (Å²) in [5.41, 5.74) is 1.69. The minimum Gasteiger partial charge on any atom is -0.336 e. The van der Waals surface area contributed by atoms with E-state index < -0.39 is 0 Å². The van der Waals surface area contributed by atoms with Gasteiger partial charge < -0.3 is 10.2 Å². The number of hydrogen-bond donors (Lipinski definition) is 1. The number of nitrogens with one attached hydrogen (secondary N) is 1. The molecule has 6 nitrogen and oxygen atoms in total. The first-order valence-corrected chi connectivity index (χ1v) is 9.01. The fraction of sp³-hybridized carbons (Fsp3) is 0.250. The second kappa shape index (κ2) is 8.67. The summed E-state index contributed by atoms with van der Waals surface area (Å²) in [6, 6.07) is 15.8. The van der Waals surface area contributed by atoms with Crippen molar-refractivity contribution in [3.63, 3.8) is 0 Å². The largest absolute Gasteiger partial charge is 0.336 e. The van der Waals surface area contributed by atoms with Crippen molar-refractivity contribution in [3.8, 4) is 6.07 Å². The van der Waals surface area contributed by atoms with E-state index in [0.29, 0.717) is 48.0 Å². The summed E-state index contributed by atoms with van der Waals surface area (Å²) in [7, 11) is 0. The molecule has 0 saturated carbocycles. The SMILES string of the molecule is N#Cc1ccc(C(=O)N2CCN(CC(=O)Nc3ccccc3Cl)CC2)cc1. The van der Waals surface area contributed by atoms with Gasteiger partial charge in [-0.1, -0.05) is 23.7 Å². The number of benzene rings is 2. The van der Waals surface area contributed by atoms with Crippen LogP contribution in [-0.4, -0.2) is 54.3 Å². The van der Waals surface area contributed by atoms with Crippen molar-refractivity contribution in [3.05, 3.63) is 64.7 Å². The number of nitriles is 1. The van der Waals surface area contributed by atoms with Gasteiger partial charge in [0.15, 0.2) is 0 Å². The van der Waals surface area contributed by atoms with E-state index >= 15 is 0 Å². The van der Waals surface area contributed by atoms with Crippen LogP contribution in [0.2, 0.25) is 5.02 Å². The summed E-state index contributed by atoms with van der Waals surface area (Å²) in [5.74, 6) is -0.186. The van der Waals surface area contributed by atoms with Crippen LogP contribution in [0, 0.1) is 11.3 Å². The van der Waals surface area contributed by atoms with Gasteiger partial charge >= 0.3 is 0 Å². The van der Waals surface area contributed by atoms with E-state index in [1.54, 1.807) is 41.3 Å². The number of amides is 2. The van der Waals surface area contributed by atoms with Gasteiger partial charge in [0.05, 0.1) is 28.9 Å². The van der Waals surface area contributed by atoms with Crippen molar-refractivity contribution in [2.45, 2.75) is 0 Å². The summed E-state index contributed by atoms with van der Waals surface area (Å²) in [5, 5.41) is 12.1. The van der Waals surface area contributed by atoms with Gasteiger partial charge in [0.25, 0.3) is 5.91 Å². The molecule has 1 N–H and O–H groups in total. The Bertz CT molecular complexity index is 868. The molecule has 27 heavy (non-hydrogen) atoms. The molecule has 0 aliphatic carbocycles. The maximum Gasteiger partial charge on any atom is 0.253 e. The minimum absolute atomic E-state index is 0.0559. The smallest absolute Gasteiger partial charge is 0.253 e. The van der Waals surface area contributed by atoms with E-state index in [2.05, 4.69) is 5.32 Å². The van der Waals surface area contributed by atoms with Gasteiger partial charge in [0.1, 0.15) is 0 Å². The number of para-hydroxylation sites is 1. The molecule has 0 aromatic heterocycles. The third-order valence-electron chi connectivity index (χ3n) is 4.44. The van der Waals surface area contributed by atoms with Crippen LogP contribution in [0.4, 0.5) is 5.69 Å². The van der Waals surface area contributed by atoms with Crippen molar-refractivity contribution in [2.75, 3.05) is 38.0 Å². The second-order valence-corrected chi connectivity index (χ2v) is 6.69. The molecule has 1 aliphatic rings. The first-order valence-electron chi connectivity index (χ1n) is 8.63. The van der Waals surface area contributed by atoms with E-state index in [0.717, 1.165) is 0 Å². The Labute approximate surface area is 162 Å². The van der Waals surface area contributed by atoms with Crippen LogP contribution in [0.3, 0.4) is 0 Å². The van der Waals surface area contributed by atoms with Crippen LogP contribution >= 0.6 is 11.6 Å². The van der Waals surface area contributed by atoms with Gasteiger partial charge in [-0.15, -0.1) is 0 Å². The minimum atomic E-state index is -0.130. The average Bonchev–Trinajstić information content (AvgIpc) is 2.70. The highest BCUT2D eigenvalue weighted by atomic mass is 35.5. The Hall–Kier alpha value is -2.88. The third kappa shape index (κ3) is 4.85. The molecular formula is C20H19ClN4O2. The number of carbonyl (C=O) groups is 2. The lowest BCUT2D eigenvalue weighted by atomic mass is 10.1. The molecule has 7 heteroatoms. The summed E-state index contributed by atoms with van der Waals surface area (Å²) in [6.07, 6.45) is 0. The molecule has 2 aromatic carbocycles. The van der Waals surface area contributed by atoms with Crippen LogP contribution in [0.25, 0.3) is 0 Å². The lowest BCUT2D eigenvalue weighted by Gasteiger charge is -2.34. The molecule has 1 saturated heterocycles. The van der Waals surface area contributed by atoms with Crippen LogP contribution < -0.4 is 5.32 Å². The molecule has 0 spiro atoms. The molecule has 0 unspecified atom stereocenters. The number of anilines is 1. The monoisotopic (exact) mass is 382 g/mol. The van der Waals surface area contributed by atoms with Crippen molar-refractivity contribution < 1.29 is 9.59 Å². The molecule has 0 atom stereocenters.